The Kier molecular flexibility index (Phi) is 6.64. The summed E-state index contributed by atoms with van der Waals surface area (Å²) in [7, 11) is 0. The zero-order valence-electron chi connectivity index (χ0n) is 16.5. The van der Waals surface area contributed by atoms with Crippen molar-refractivity contribution in [3.8, 4) is 0 Å². The number of carbonyl (C=O) groups is 1. The molecule has 2 unspecified atom stereocenters. The number of aromatic nitrogens is 3. The molecule has 2 saturated heterocycles. The maximum Gasteiger partial charge on any atom is 0.273 e. The van der Waals surface area contributed by atoms with Gasteiger partial charge >= 0.3 is 0 Å². The van der Waals surface area contributed by atoms with Crippen molar-refractivity contribution in [2.75, 3.05) is 39.3 Å². The van der Waals surface area contributed by atoms with Gasteiger partial charge in [0.2, 0.25) is 0 Å². The fourth-order valence-corrected chi connectivity index (χ4v) is 4.51. The first-order valence-corrected chi connectivity index (χ1v) is 10.2. The van der Waals surface area contributed by atoms with E-state index < -0.39 is 0 Å². The summed E-state index contributed by atoms with van der Waals surface area (Å²) in [4.78, 5) is 15.0. The third-order valence-corrected chi connectivity index (χ3v) is 5.68. The van der Waals surface area contributed by atoms with Crippen LogP contribution in [0.5, 0.6) is 0 Å². The molecule has 2 aliphatic heterocycles. The Morgan fingerprint density at radius 3 is 2.62 bits per heavy atom. The molecule has 7 heteroatoms. The molecular weight excluding hydrogens is 328 g/mol. The molecule has 3 rings (SSSR count). The highest BCUT2D eigenvalue weighted by atomic mass is 16.2. The molecular formula is C19H34N6O. The van der Waals surface area contributed by atoms with Gasteiger partial charge in [0.1, 0.15) is 0 Å². The maximum absolute atomic E-state index is 12.5. The van der Waals surface area contributed by atoms with Gasteiger partial charge in [-0.05, 0) is 64.1 Å². The second-order valence-corrected chi connectivity index (χ2v) is 8.26. The number of nitrogens with one attached hydrogen (secondary N) is 2. The number of hydrogen-bond donors (Lipinski definition) is 2. The monoisotopic (exact) mass is 362 g/mol. The molecule has 0 aromatic carbocycles. The molecule has 0 bridgehead atoms. The summed E-state index contributed by atoms with van der Waals surface area (Å²) in [6.07, 6.45) is 4.39. The predicted molar refractivity (Wildman–Crippen MR) is 102 cm³/mol. The predicted octanol–water partition coefficient (Wildman–Crippen LogP) is 1.61. The van der Waals surface area contributed by atoms with Crippen molar-refractivity contribution in [3.05, 3.63) is 11.4 Å². The Hall–Kier alpha value is -1.47. The van der Waals surface area contributed by atoms with Crippen LogP contribution in [0.2, 0.25) is 0 Å². The van der Waals surface area contributed by atoms with Crippen LogP contribution in [0, 0.1) is 18.8 Å². The van der Waals surface area contributed by atoms with Crippen LogP contribution in [-0.2, 0) is 0 Å². The van der Waals surface area contributed by atoms with E-state index in [-0.39, 0.29) is 5.91 Å². The molecule has 2 aliphatic rings. The smallest absolute Gasteiger partial charge is 0.273 e. The number of rotatable bonds is 6. The molecule has 2 fully saturated rings. The minimum atomic E-state index is -0.0944. The molecule has 2 atom stereocenters. The summed E-state index contributed by atoms with van der Waals surface area (Å²) in [5.41, 5.74) is 1.36. The van der Waals surface area contributed by atoms with E-state index in [4.69, 9.17) is 0 Å². The van der Waals surface area contributed by atoms with Gasteiger partial charge in [0.15, 0.2) is 5.69 Å². The number of hydrogen-bond acceptors (Lipinski definition) is 5. The standard InChI is InChI=1S/C19H34N6O/c1-14-11-15(2)13-24(12-14)10-4-7-21-19(26)18-16(3)25(23-22-18)17-5-8-20-9-6-17/h14-15,17,20H,4-13H2,1-3H3,(H,21,26). The van der Waals surface area contributed by atoms with E-state index in [0.717, 1.165) is 56.4 Å². The number of carbonyl (C=O) groups excluding carboxylic acids is 1. The van der Waals surface area contributed by atoms with Gasteiger partial charge in [-0.25, -0.2) is 4.68 Å². The summed E-state index contributed by atoms with van der Waals surface area (Å²) in [5.74, 6) is 1.46. The Bertz CT molecular complexity index is 585. The SMILES string of the molecule is Cc1c(C(=O)NCCCN2CC(C)CC(C)C2)nnn1C1CCNCC1. The number of likely N-dealkylation sites (tertiary alicyclic amines) is 1. The fourth-order valence-electron chi connectivity index (χ4n) is 4.51. The van der Waals surface area contributed by atoms with Gasteiger partial charge in [-0.1, -0.05) is 19.1 Å². The van der Waals surface area contributed by atoms with E-state index in [1.165, 1.54) is 19.5 Å². The molecule has 3 heterocycles. The molecule has 146 valence electrons. The highest BCUT2D eigenvalue weighted by Crippen LogP contribution is 2.21. The van der Waals surface area contributed by atoms with Crippen LogP contribution in [-0.4, -0.2) is 65.1 Å². The highest BCUT2D eigenvalue weighted by Gasteiger charge is 2.23. The summed E-state index contributed by atoms with van der Waals surface area (Å²) in [5, 5.41) is 14.8. The first-order chi connectivity index (χ1) is 12.5. The van der Waals surface area contributed by atoms with Gasteiger partial charge in [0.25, 0.3) is 5.91 Å². The lowest BCUT2D eigenvalue weighted by molar-refractivity contribution is 0.0941. The molecule has 26 heavy (non-hydrogen) atoms. The lowest BCUT2D eigenvalue weighted by Crippen LogP contribution is -2.40. The lowest BCUT2D eigenvalue weighted by Gasteiger charge is -2.34. The second kappa shape index (κ2) is 8.95. The van der Waals surface area contributed by atoms with Crippen LogP contribution in [0.3, 0.4) is 0 Å². The molecule has 1 amide bonds. The number of amides is 1. The summed E-state index contributed by atoms with van der Waals surface area (Å²) in [6.45, 7) is 12.7. The van der Waals surface area contributed by atoms with Crippen molar-refractivity contribution in [1.82, 2.24) is 30.5 Å². The van der Waals surface area contributed by atoms with Crippen molar-refractivity contribution in [1.29, 1.82) is 0 Å². The maximum atomic E-state index is 12.5. The van der Waals surface area contributed by atoms with Gasteiger partial charge in [-0.2, -0.15) is 0 Å². The van der Waals surface area contributed by atoms with E-state index in [0.29, 0.717) is 18.3 Å². The third kappa shape index (κ3) is 4.82. The van der Waals surface area contributed by atoms with Gasteiger partial charge in [0.05, 0.1) is 11.7 Å². The Morgan fingerprint density at radius 1 is 1.23 bits per heavy atom. The number of nitrogens with zero attached hydrogens (tertiary/aromatic N) is 4. The Labute approximate surface area is 156 Å². The van der Waals surface area contributed by atoms with Crippen LogP contribution in [0.15, 0.2) is 0 Å². The zero-order valence-corrected chi connectivity index (χ0v) is 16.5. The molecule has 0 aliphatic carbocycles. The van der Waals surface area contributed by atoms with Crippen LogP contribution >= 0.6 is 0 Å². The molecule has 7 nitrogen and oxygen atoms in total. The Balaban J connectivity index is 1.44. The van der Waals surface area contributed by atoms with Crippen LogP contribution < -0.4 is 10.6 Å². The molecule has 2 N–H and O–H groups in total. The first kappa shape index (κ1) is 19.3. The highest BCUT2D eigenvalue weighted by molar-refractivity contribution is 5.93. The quantitative estimate of drug-likeness (QED) is 0.752. The first-order valence-electron chi connectivity index (χ1n) is 10.2. The van der Waals surface area contributed by atoms with Crippen molar-refractivity contribution < 1.29 is 4.79 Å². The van der Waals surface area contributed by atoms with Crippen molar-refractivity contribution in [2.24, 2.45) is 11.8 Å². The van der Waals surface area contributed by atoms with Gasteiger partial charge in [0, 0.05) is 19.6 Å². The van der Waals surface area contributed by atoms with Crippen molar-refractivity contribution in [2.45, 2.75) is 52.5 Å². The Morgan fingerprint density at radius 2 is 1.92 bits per heavy atom. The van der Waals surface area contributed by atoms with Gasteiger partial charge < -0.3 is 15.5 Å². The molecule has 0 saturated carbocycles. The largest absolute Gasteiger partial charge is 0.351 e. The molecule has 0 radical (unpaired) electrons. The zero-order chi connectivity index (χ0) is 18.5. The van der Waals surface area contributed by atoms with E-state index in [1.807, 2.05) is 11.6 Å². The van der Waals surface area contributed by atoms with Crippen LogP contribution in [0.4, 0.5) is 0 Å². The minimum absolute atomic E-state index is 0.0944. The van der Waals surface area contributed by atoms with Crippen LogP contribution in [0.25, 0.3) is 0 Å². The fraction of sp³-hybridized carbons (Fsp3) is 0.842. The van der Waals surface area contributed by atoms with Gasteiger partial charge in [-0.15, -0.1) is 5.10 Å². The topological polar surface area (TPSA) is 75.1 Å². The van der Waals surface area contributed by atoms with Crippen molar-refractivity contribution >= 4 is 5.91 Å². The molecule has 0 spiro atoms. The minimum Gasteiger partial charge on any atom is -0.351 e. The van der Waals surface area contributed by atoms with Gasteiger partial charge in [-0.3, -0.25) is 4.79 Å². The lowest BCUT2D eigenvalue weighted by atomic mass is 9.92. The van der Waals surface area contributed by atoms with E-state index >= 15 is 0 Å². The van der Waals surface area contributed by atoms with Crippen LogP contribution in [0.1, 0.15) is 61.8 Å². The summed E-state index contributed by atoms with van der Waals surface area (Å²) in [6, 6.07) is 0.355. The normalized spacial score (nSPS) is 25.3. The van der Waals surface area contributed by atoms with E-state index in [1.54, 1.807) is 0 Å². The second-order valence-electron chi connectivity index (χ2n) is 8.26. The third-order valence-electron chi connectivity index (χ3n) is 5.68. The summed E-state index contributed by atoms with van der Waals surface area (Å²) >= 11 is 0. The van der Waals surface area contributed by atoms with E-state index in [2.05, 4.69) is 39.7 Å². The average molecular weight is 363 g/mol. The number of piperidine rings is 2. The molecule has 1 aromatic heterocycles. The van der Waals surface area contributed by atoms with E-state index in [9.17, 15) is 4.79 Å². The molecule has 1 aromatic rings. The average Bonchev–Trinajstić information content (AvgIpc) is 3.00. The summed E-state index contributed by atoms with van der Waals surface area (Å²) < 4.78 is 1.94. The van der Waals surface area contributed by atoms with Crippen molar-refractivity contribution in [3.63, 3.8) is 0 Å².